The maximum Gasteiger partial charge on any atom is 0.286 e. The lowest BCUT2D eigenvalue weighted by molar-refractivity contribution is -0.119. The van der Waals surface area contributed by atoms with Gasteiger partial charge in [-0.2, -0.15) is 0 Å². The van der Waals surface area contributed by atoms with Crippen molar-refractivity contribution in [3.8, 4) is 11.5 Å². The van der Waals surface area contributed by atoms with Crippen LogP contribution < -0.4 is 14.8 Å². The molecule has 2 unspecified atom stereocenters. The van der Waals surface area contributed by atoms with E-state index >= 15 is 0 Å². The molecule has 3 aromatic carbocycles. The van der Waals surface area contributed by atoms with Crippen LogP contribution in [-0.2, 0) is 24.1 Å². The van der Waals surface area contributed by atoms with E-state index in [1.54, 1.807) is 11.3 Å². The number of rotatable bonds is 11. The van der Waals surface area contributed by atoms with Gasteiger partial charge in [0.2, 0.25) is 12.2 Å². The van der Waals surface area contributed by atoms with Gasteiger partial charge in [-0.15, -0.1) is 11.3 Å². The molecule has 4 aromatic rings. The quantitative estimate of drug-likeness (QED) is 0.187. The first-order valence-corrected chi connectivity index (χ1v) is 14.9. The molecule has 39 heavy (non-hydrogen) atoms. The number of hydrogen-bond donors (Lipinski definition) is 1. The van der Waals surface area contributed by atoms with Crippen LogP contribution in [-0.4, -0.2) is 17.4 Å². The highest BCUT2D eigenvalue weighted by Gasteiger charge is 2.35. The molecule has 2 atom stereocenters. The minimum Gasteiger partial charge on any atom is -0.455 e. The zero-order valence-corrected chi connectivity index (χ0v) is 23.5. The third-order valence-electron chi connectivity index (χ3n) is 6.71. The van der Waals surface area contributed by atoms with Gasteiger partial charge >= 0.3 is 0 Å². The number of nitrogens with one attached hydrogen (secondary N) is 1. The van der Waals surface area contributed by atoms with Crippen LogP contribution in [0.3, 0.4) is 0 Å². The summed E-state index contributed by atoms with van der Waals surface area (Å²) in [5, 5.41) is 4.31. The van der Waals surface area contributed by atoms with E-state index in [1.165, 1.54) is 45.0 Å². The normalized spacial score (nSPS) is 15.9. The molecule has 1 fully saturated rings. The molecule has 2 heterocycles. The van der Waals surface area contributed by atoms with Crippen molar-refractivity contribution in [3.63, 3.8) is 0 Å². The van der Waals surface area contributed by atoms with Crippen molar-refractivity contribution in [2.24, 2.45) is 0 Å². The molecule has 0 radical (unpaired) electrons. The molecule has 5 rings (SSSR count). The summed E-state index contributed by atoms with van der Waals surface area (Å²) >= 11 is 2.52. The van der Waals surface area contributed by atoms with Crippen LogP contribution in [0.5, 0.6) is 11.5 Å². The Bertz CT molecular complexity index is 1490. The highest BCUT2D eigenvalue weighted by atomic mass is 32.2. The fourth-order valence-corrected chi connectivity index (χ4v) is 6.77. The van der Waals surface area contributed by atoms with Gasteiger partial charge in [0.15, 0.2) is 0 Å². The Kier molecular flexibility index (Phi) is 8.53. The molecule has 1 aliphatic heterocycles. The summed E-state index contributed by atoms with van der Waals surface area (Å²) in [6.07, 6.45) is 3.78. The first kappa shape index (κ1) is 27.2. The third-order valence-corrected chi connectivity index (χ3v) is 8.83. The number of fused-ring (bicyclic) bond motifs is 1. The molecule has 0 aliphatic carbocycles. The molecule has 0 bridgehead atoms. The Hall–Kier alpha value is -3.36. The van der Waals surface area contributed by atoms with E-state index in [4.69, 9.17) is 9.47 Å². The van der Waals surface area contributed by atoms with Gasteiger partial charge < -0.3 is 9.47 Å². The van der Waals surface area contributed by atoms with Crippen LogP contribution in [0.4, 0.5) is 9.18 Å². The lowest BCUT2D eigenvalue weighted by Gasteiger charge is -2.22. The van der Waals surface area contributed by atoms with Gasteiger partial charge in [-0.25, -0.2) is 4.39 Å². The fraction of sp³-hybridized carbons (Fsp3) is 0.290. The number of carbonyl (C=O) groups excluding carboxylic acids is 2. The van der Waals surface area contributed by atoms with E-state index in [1.807, 2.05) is 19.1 Å². The van der Waals surface area contributed by atoms with Crippen LogP contribution in [0.2, 0.25) is 0 Å². The van der Waals surface area contributed by atoms with E-state index in [0.717, 1.165) is 43.2 Å². The second kappa shape index (κ2) is 12.2. The Morgan fingerprint density at radius 2 is 1.79 bits per heavy atom. The van der Waals surface area contributed by atoms with Crippen molar-refractivity contribution in [1.82, 2.24) is 5.32 Å². The smallest absolute Gasteiger partial charge is 0.286 e. The van der Waals surface area contributed by atoms with Gasteiger partial charge in [-0.05, 0) is 83.2 Å². The number of amides is 2. The van der Waals surface area contributed by atoms with Crippen molar-refractivity contribution in [2.45, 2.75) is 57.5 Å². The highest BCUT2D eigenvalue weighted by molar-refractivity contribution is 8.15. The van der Waals surface area contributed by atoms with Crippen molar-refractivity contribution >= 4 is 44.3 Å². The molecular formula is C31H30FNO4S2. The summed E-state index contributed by atoms with van der Waals surface area (Å²) < 4.78 is 28.3. The molecule has 1 aliphatic rings. The zero-order chi connectivity index (χ0) is 27.4. The average Bonchev–Trinajstić information content (AvgIpc) is 3.51. The number of ether oxygens (including phenoxy) is 2. The summed E-state index contributed by atoms with van der Waals surface area (Å²) in [4.78, 5) is 23.7. The number of thioether (sulfide) groups is 1. The molecule has 202 valence electrons. The van der Waals surface area contributed by atoms with E-state index < -0.39 is 28.5 Å². The standard InChI is InChI=1S/C31H30FNO4S2/c1-3-8-23-26(16-14-22-20(18-38-28(22)23)12-11-19-9-6-5-7-10-19)37-27(4-2)36-21-13-15-25(32)24(17-21)29-30(34)33-31(35)39-29/h5-7,9-10,13-18,27,29H,3-4,8,11-12H2,1-2H3,(H,33,34,35). The lowest BCUT2D eigenvalue weighted by Crippen LogP contribution is -2.24. The van der Waals surface area contributed by atoms with E-state index in [-0.39, 0.29) is 5.56 Å². The SMILES string of the molecule is CCCc1c(OC(CC)Oc2ccc(F)c(C3SC(=O)NC3=O)c2)ccc2c(CCc3ccccc3)csc12. The van der Waals surface area contributed by atoms with E-state index in [9.17, 15) is 14.0 Å². The number of carbonyl (C=O) groups is 2. The van der Waals surface area contributed by atoms with Gasteiger partial charge in [-0.1, -0.05) is 50.6 Å². The average molecular weight is 564 g/mol. The van der Waals surface area contributed by atoms with E-state index in [2.05, 4.69) is 48.0 Å². The predicted molar refractivity (Wildman–Crippen MR) is 155 cm³/mol. The van der Waals surface area contributed by atoms with Crippen LogP contribution >= 0.6 is 23.1 Å². The largest absolute Gasteiger partial charge is 0.455 e. The Morgan fingerprint density at radius 1 is 0.974 bits per heavy atom. The molecule has 5 nitrogen and oxygen atoms in total. The second-order valence-corrected chi connectivity index (χ2v) is 11.4. The topological polar surface area (TPSA) is 64.6 Å². The molecule has 0 spiro atoms. The van der Waals surface area contributed by atoms with Crippen molar-refractivity contribution in [3.05, 3.63) is 94.1 Å². The van der Waals surface area contributed by atoms with Gasteiger partial charge in [0.25, 0.3) is 5.24 Å². The monoisotopic (exact) mass is 563 g/mol. The minimum atomic E-state index is -0.935. The highest BCUT2D eigenvalue weighted by Crippen LogP contribution is 2.39. The number of benzene rings is 3. The van der Waals surface area contributed by atoms with Crippen LogP contribution in [0.1, 0.15) is 54.2 Å². The number of thiophene rings is 1. The van der Waals surface area contributed by atoms with E-state index in [0.29, 0.717) is 12.2 Å². The van der Waals surface area contributed by atoms with Gasteiger partial charge in [0, 0.05) is 22.2 Å². The maximum atomic E-state index is 14.5. The molecule has 0 saturated carbocycles. The number of halogens is 1. The lowest BCUT2D eigenvalue weighted by atomic mass is 10.0. The molecule has 1 saturated heterocycles. The molecule has 8 heteroatoms. The predicted octanol–water partition coefficient (Wildman–Crippen LogP) is 8.00. The first-order valence-electron chi connectivity index (χ1n) is 13.2. The molecule has 1 aromatic heterocycles. The summed E-state index contributed by atoms with van der Waals surface area (Å²) in [7, 11) is 0. The van der Waals surface area contributed by atoms with Crippen LogP contribution in [0, 0.1) is 5.82 Å². The van der Waals surface area contributed by atoms with Crippen molar-refractivity contribution in [1.29, 1.82) is 0 Å². The molecular weight excluding hydrogens is 533 g/mol. The number of aryl methyl sites for hydroxylation is 3. The fourth-order valence-electron chi connectivity index (χ4n) is 4.75. The molecule has 2 amide bonds. The minimum absolute atomic E-state index is 0.116. The van der Waals surface area contributed by atoms with Gasteiger partial charge in [0.05, 0.1) is 0 Å². The maximum absolute atomic E-state index is 14.5. The number of hydrogen-bond acceptors (Lipinski definition) is 6. The summed E-state index contributed by atoms with van der Waals surface area (Å²) in [5.41, 5.74) is 3.96. The van der Waals surface area contributed by atoms with Crippen LogP contribution in [0.15, 0.2) is 66.0 Å². The Balaban J connectivity index is 1.35. The Labute approximate surface area is 235 Å². The Morgan fingerprint density at radius 3 is 2.51 bits per heavy atom. The van der Waals surface area contributed by atoms with Crippen molar-refractivity contribution < 1.29 is 23.5 Å². The number of imide groups is 1. The first-order chi connectivity index (χ1) is 19.0. The second-order valence-electron chi connectivity index (χ2n) is 9.45. The summed E-state index contributed by atoms with van der Waals surface area (Å²) in [6, 6.07) is 18.9. The zero-order valence-electron chi connectivity index (χ0n) is 21.9. The van der Waals surface area contributed by atoms with Gasteiger partial charge in [0.1, 0.15) is 22.6 Å². The third kappa shape index (κ3) is 6.12. The van der Waals surface area contributed by atoms with Gasteiger partial charge in [-0.3, -0.25) is 14.9 Å². The van der Waals surface area contributed by atoms with Crippen LogP contribution in [0.25, 0.3) is 10.1 Å². The summed E-state index contributed by atoms with van der Waals surface area (Å²) in [5.74, 6) is 0.0748. The molecule has 1 N–H and O–H groups in total. The summed E-state index contributed by atoms with van der Waals surface area (Å²) in [6.45, 7) is 4.11. The van der Waals surface area contributed by atoms with Crippen molar-refractivity contribution in [2.75, 3.05) is 0 Å².